The molecule has 0 bridgehead atoms. The van der Waals surface area contributed by atoms with Crippen molar-refractivity contribution in [2.24, 2.45) is 0 Å². The molecule has 1 saturated heterocycles. The fraction of sp³-hybridized carbons (Fsp3) is 0.533. The summed E-state index contributed by atoms with van der Waals surface area (Å²) in [7, 11) is 1.94. The molecule has 1 unspecified atom stereocenters. The molecule has 5 nitrogen and oxygen atoms in total. The van der Waals surface area contributed by atoms with Gasteiger partial charge < -0.3 is 15.4 Å². The number of anilines is 1. The molecule has 2 rings (SSSR count). The van der Waals surface area contributed by atoms with E-state index in [4.69, 9.17) is 4.74 Å². The number of aryl methyl sites for hydroxylation is 1. The lowest BCUT2D eigenvalue weighted by Crippen LogP contribution is -2.45. The lowest BCUT2D eigenvalue weighted by Gasteiger charge is -2.27. The highest BCUT2D eigenvalue weighted by molar-refractivity contribution is 5.92. The Bertz CT molecular complexity index is 444. The number of carbonyl (C=O) groups is 1. The normalized spacial score (nSPS) is 19.1. The maximum absolute atomic E-state index is 12.0. The summed E-state index contributed by atoms with van der Waals surface area (Å²) in [5, 5.41) is 6.23. The molecular formula is C15H23N3O2. The van der Waals surface area contributed by atoms with E-state index in [0.29, 0.717) is 6.54 Å². The molecule has 1 heterocycles. The van der Waals surface area contributed by atoms with Gasteiger partial charge in [-0.3, -0.25) is 9.69 Å². The summed E-state index contributed by atoms with van der Waals surface area (Å²) in [6.07, 6.45) is 0.167. The third kappa shape index (κ3) is 4.59. The summed E-state index contributed by atoms with van der Waals surface area (Å²) in [6, 6.07) is 7.79. The van der Waals surface area contributed by atoms with Crippen LogP contribution in [-0.4, -0.2) is 56.7 Å². The lowest BCUT2D eigenvalue weighted by molar-refractivity contribution is -0.117. The second-order valence-corrected chi connectivity index (χ2v) is 5.26. The number of rotatable bonds is 5. The van der Waals surface area contributed by atoms with Crippen molar-refractivity contribution in [3.63, 3.8) is 0 Å². The van der Waals surface area contributed by atoms with Gasteiger partial charge in [0, 0.05) is 25.3 Å². The predicted molar refractivity (Wildman–Crippen MR) is 79.9 cm³/mol. The van der Waals surface area contributed by atoms with Gasteiger partial charge in [0.2, 0.25) is 5.91 Å². The van der Waals surface area contributed by atoms with E-state index in [2.05, 4.69) is 10.6 Å². The molecule has 0 saturated carbocycles. The quantitative estimate of drug-likeness (QED) is 0.838. The highest BCUT2D eigenvalue weighted by Gasteiger charge is 2.17. The Kier molecular flexibility index (Phi) is 5.52. The number of hydrogen-bond donors (Lipinski definition) is 2. The number of hydrogen-bond acceptors (Lipinski definition) is 4. The van der Waals surface area contributed by atoms with E-state index in [1.807, 2.05) is 43.1 Å². The van der Waals surface area contributed by atoms with Crippen LogP contribution in [0.5, 0.6) is 0 Å². The Labute approximate surface area is 120 Å². The highest BCUT2D eigenvalue weighted by Crippen LogP contribution is 2.12. The van der Waals surface area contributed by atoms with E-state index in [-0.39, 0.29) is 12.0 Å². The minimum absolute atomic E-state index is 0.00516. The summed E-state index contributed by atoms with van der Waals surface area (Å²) >= 11 is 0. The Morgan fingerprint density at radius 2 is 2.30 bits per heavy atom. The van der Waals surface area contributed by atoms with Gasteiger partial charge in [0.05, 0.1) is 19.3 Å². The van der Waals surface area contributed by atoms with Gasteiger partial charge in [0.1, 0.15) is 0 Å². The zero-order chi connectivity index (χ0) is 14.4. The first-order valence-electron chi connectivity index (χ1n) is 7.01. The van der Waals surface area contributed by atoms with Crippen LogP contribution in [0.2, 0.25) is 0 Å². The maximum atomic E-state index is 12.0. The standard InChI is InChI=1S/C15H23N3O2/c1-12-5-3-4-6-14(12)17-15(19)11-18(2)10-13-9-16-7-8-20-13/h3-6,13,16H,7-11H2,1-2H3,(H,17,19). The number of carbonyl (C=O) groups excluding carboxylic acids is 1. The van der Waals surface area contributed by atoms with Gasteiger partial charge in [-0.05, 0) is 25.6 Å². The van der Waals surface area contributed by atoms with Crippen LogP contribution in [0.15, 0.2) is 24.3 Å². The first-order valence-corrected chi connectivity index (χ1v) is 7.01. The van der Waals surface area contributed by atoms with E-state index in [1.165, 1.54) is 0 Å². The molecule has 5 heteroatoms. The Morgan fingerprint density at radius 1 is 1.50 bits per heavy atom. The van der Waals surface area contributed by atoms with Crippen LogP contribution in [0, 0.1) is 6.92 Å². The molecule has 1 aliphatic rings. The molecule has 1 atom stereocenters. The van der Waals surface area contributed by atoms with Crippen LogP contribution in [0.3, 0.4) is 0 Å². The SMILES string of the molecule is Cc1ccccc1NC(=O)CN(C)CC1CNCCO1. The van der Waals surface area contributed by atoms with Crippen molar-refractivity contribution >= 4 is 11.6 Å². The van der Waals surface area contributed by atoms with Crippen molar-refractivity contribution < 1.29 is 9.53 Å². The zero-order valence-corrected chi connectivity index (χ0v) is 12.2. The van der Waals surface area contributed by atoms with Gasteiger partial charge in [0.25, 0.3) is 0 Å². The van der Waals surface area contributed by atoms with Crippen LogP contribution in [0.4, 0.5) is 5.69 Å². The molecule has 1 aromatic carbocycles. The number of nitrogens with one attached hydrogen (secondary N) is 2. The molecule has 20 heavy (non-hydrogen) atoms. The third-order valence-electron chi connectivity index (χ3n) is 3.35. The largest absolute Gasteiger partial charge is 0.374 e. The second-order valence-electron chi connectivity index (χ2n) is 5.26. The first kappa shape index (κ1) is 15.0. The molecule has 1 aliphatic heterocycles. The number of nitrogens with zero attached hydrogens (tertiary/aromatic N) is 1. The van der Waals surface area contributed by atoms with Gasteiger partial charge in [0.15, 0.2) is 0 Å². The van der Waals surface area contributed by atoms with Crippen molar-refractivity contribution in [2.75, 3.05) is 45.2 Å². The van der Waals surface area contributed by atoms with E-state index < -0.39 is 0 Å². The molecule has 0 aromatic heterocycles. The average molecular weight is 277 g/mol. The van der Waals surface area contributed by atoms with Crippen LogP contribution in [0.1, 0.15) is 5.56 Å². The van der Waals surface area contributed by atoms with E-state index in [9.17, 15) is 4.79 Å². The van der Waals surface area contributed by atoms with Gasteiger partial charge in [-0.15, -0.1) is 0 Å². The molecule has 0 radical (unpaired) electrons. The summed E-state index contributed by atoms with van der Waals surface area (Å²) in [6.45, 7) is 5.62. The summed E-state index contributed by atoms with van der Waals surface area (Å²) < 4.78 is 5.63. The minimum atomic E-state index is 0.00516. The van der Waals surface area contributed by atoms with Gasteiger partial charge in [-0.25, -0.2) is 0 Å². The Morgan fingerprint density at radius 3 is 3.00 bits per heavy atom. The van der Waals surface area contributed by atoms with Crippen LogP contribution < -0.4 is 10.6 Å². The van der Waals surface area contributed by atoms with Gasteiger partial charge in [-0.2, -0.15) is 0 Å². The Balaban J connectivity index is 1.77. The number of ether oxygens (including phenoxy) is 1. The van der Waals surface area contributed by atoms with Crippen LogP contribution >= 0.6 is 0 Å². The van der Waals surface area contributed by atoms with E-state index in [0.717, 1.165) is 37.5 Å². The number of morpholine rings is 1. The topological polar surface area (TPSA) is 53.6 Å². The van der Waals surface area contributed by atoms with Crippen LogP contribution in [0.25, 0.3) is 0 Å². The molecule has 1 amide bonds. The van der Waals surface area contributed by atoms with Crippen molar-refractivity contribution in [3.05, 3.63) is 29.8 Å². The second kappa shape index (κ2) is 7.38. The number of para-hydroxylation sites is 1. The average Bonchev–Trinajstić information content (AvgIpc) is 2.42. The molecule has 2 N–H and O–H groups in total. The van der Waals surface area contributed by atoms with E-state index >= 15 is 0 Å². The summed E-state index contributed by atoms with van der Waals surface area (Å²) in [4.78, 5) is 14.0. The van der Waals surface area contributed by atoms with E-state index in [1.54, 1.807) is 0 Å². The molecule has 1 fully saturated rings. The fourth-order valence-corrected chi connectivity index (χ4v) is 2.30. The fourth-order valence-electron chi connectivity index (χ4n) is 2.30. The zero-order valence-electron chi connectivity index (χ0n) is 12.2. The summed E-state index contributed by atoms with van der Waals surface area (Å²) in [5.74, 6) is 0.00516. The molecular weight excluding hydrogens is 254 g/mol. The number of benzene rings is 1. The van der Waals surface area contributed by atoms with Crippen molar-refractivity contribution in [1.82, 2.24) is 10.2 Å². The Hall–Kier alpha value is -1.43. The molecule has 0 aliphatic carbocycles. The first-order chi connectivity index (χ1) is 9.65. The van der Waals surface area contributed by atoms with Crippen molar-refractivity contribution in [1.29, 1.82) is 0 Å². The van der Waals surface area contributed by atoms with Crippen molar-refractivity contribution in [2.45, 2.75) is 13.0 Å². The third-order valence-corrected chi connectivity index (χ3v) is 3.35. The minimum Gasteiger partial charge on any atom is -0.374 e. The number of likely N-dealkylation sites (N-methyl/N-ethyl adjacent to an activating group) is 1. The molecule has 110 valence electrons. The monoisotopic (exact) mass is 277 g/mol. The highest BCUT2D eigenvalue weighted by atomic mass is 16.5. The van der Waals surface area contributed by atoms with Crippen molar-refractivity contribution in [3.8, 4) is 0 Å². The van der Waals surface area contributed by atoms with Gasteiger partial charge in [-0.1, -0.05) is 18.2 Å². The molecule has 0 spiro atoms. The summed E-state index contributed by atoms with van der Waals surface area (Å²) in [5.41, 5.74) is 1.95. The maximum Gasteiger partial charge on any atom is 0.238 e. The predicted octanol–water partition coefficient (Wildman–Crippen LogP) is 0.854. The van der Waals surface area contributed by atoms with Crippen LogP contribution in [-0.2, 0) is 9.53 Å². The lowest BCUT2D eigenvalue weighted by atomic mass is 10.2. The smallest absolute Gasteiger partial charge is 0.238 e. The number of amides is 1. The van der Waals surface area contributed by atoms with Gasteiger partial charge >= 0.3 is 0 Å². The molecule has 1 aromatic rings.